The molecule has 11 heteroatoms. The van der Waals surface area contributed by atoms with Gasteiger partial charge < -0.3 is 0 Å². The van der Waals surface area contributed by atoms with E-state index in [1.54, 1.807) is 18.5 Å². The summed E-state index contributed by atoms with van der Waals surface area (Å²) in [6.07, 6.45) is -0.115. The molecule has 1 amide bonds. The van der Waals surface area contributed by atoms with Crippen molar-refractivity contribution in [3.05, 3.63) is 53.4 Å². The third kappa shape index (κ3) is 3.74. The van der Waals surface area contributed by atoms with E-state index in [2.05, 4.69) is 25.4 Å². The zero-order chi connectivity index (χ0) is 21.5. The van der Waals surface area contributed by atoms with E-state index < -0.39 is 23.6 Å². The minimum atomic E-state index is -4.86. The number of rotatable bonds is 4. The fourth-order valence-corrected chi connectivity index (χ4v) is 3.49. The second-order valence-electron chi connectivity index (χ2n) is 7.08. The van der Waals surface area contributed by atoms with Crippen molar-refractivity contribution < 1.29 is 22.4 Å². The number of aromatic amines is 1. The summed E-state index contributed by atoms with van der Waals surface area (Å²) in [6.45, 7) is 2.27. The zero-order valence-corrected chi connectivity index (χ0v) is 15.7. The van der Waals surface area contributed by atoms with Gasteiger partial charge >= 0.3 is 6.18 Å². The molecule has 0 radical (unpaired) electrons. The number of hydrogen-bond donors (Lipinski definition) is 1. The molecule has 0 spiro atoms. The van der Waals surface area contributed by atoms with Crippen molar-refractivity contribution in [2.45, 2.75) is 25.9 Å². The number of aryl methyl sites for hydroxylation is 1. The Morgan fingerprint density at radius 2 is 1.97 bits per heavy atom. The van der Waals surface area contributed by atoms with Crippen molar-refractivity contribution in [3.63, 3.8) is 0 Å². The van der Waals surface area contributed by atoms with Crippen LogP contribution in [0.2, 0.25) is 0 Å². The number of carbonyl (C=O) groups excluding carboxylic acids is 1. The van der Waals surface area contributed by atoms with Gasteiger partial charge in [-0.15, -0.1) is 0 Å². The van der Waals surface area contributed by atoms with Gasteiger partial charge in [-0.2, -0.15) is 28.5 Å². The smallest absolute Gasteiger partial charge is 0.295 e. The van der Waals surface area contributed by atoms with Crippen LogP contribution in [0.15, 0.2) is 30.7 Å². The molecule has 0 aliphatic carbocycles. The summed E-state index contributed by atoms with van der Waals surface area (Å²) in [5.74, 6) is -1.73. The summed E-state index contributed by atoms with van der Waals surface area (Å²) in [5, 5.41) is 14.7. The minimum Gasteiger partial charge on any atom is -0.295 e. The number of nitrogens with one attached hydrogen (secondary N) is 1. The molecule has 0 bridgehead atoms. The second-order valence-corrected chi connectivity index (χ2v) is 7.08. The van der Waals surface area contributed by atoms with E-state index in [1.807, 2.05) is 6.92 Å². The first-order valence-electron chi connectivity index (χ1n) is 9.10. The number of aromatic nitrogens is 5. The van der Waals surface area contributed by atoms with Crippen LogP contribution in [0.1, 0.15) is 23.2 Å². The number of pyridine rings is 1. The van der Waals surface area contributed by atoms with Crippen molar-refractivity contribution in [3.8, 4) is 11.3 Å². The minimum absolute atomic E-state index is 0.0993. The lowest BCUT2D eigenvalue weighted by atomic mass is 9.99. The maximum atomic E-state index is 13.8. The fourth-order valence-electron chi connectivity index (χ4n) is 3.49. The Kier molecular flexibility index (Phi) is 4.96. The van der Waals surface area contributed by atoms with Gasteiger partial charge in [0.2, 0.25) is 5.91 Å². The first kappa shape index (κ1) is 19.9. The Morgan fingerprint density at radius 1 is 1.20 bits per heavy atom. The highest BCUT2D eigenvalue weighted by molar-refractivity contribution is 5.96. The summed E-state index contributed by atoms with van der Waals surface area (Å²) in [4.78, 5) is 17.5. The maximum Gasteiger partial charge on any atom is 0.436 e. The van der Waals surface area contributed by atoms with Gasteiger partial charge in [0.25, 0.3) is 0 Å². The van der Waals surface area contributed by atoms with Gasteiger partial charge in [0.05, 0.1) is 18.1 Å². The topological polar surface area (TPSA) is 87.7 Å². The van der Waals surface area contributed by atoms with Crippen LogP contribution in [0.3, 0.4) is 0 Å². The van der Waals surface area contributed by atoms with Crippen LogP contribution in [0.25, 0.3) is 11.3 Å². The quantitative estimate of drug-likeness (QED) is 0.655. The molecular weight excluding hydrogens is 404 g/mol. The van der Waals surface area contributed by atoms with Crippen LogP contribution in [-0.2, 0) is 17.4 Å². The molecule has 3 aromatic rings. The van der Waals surface area contributed by atoms with Crippen LogP contribution in [0, 0.1) is 18.7 Å². The van der Waals surface area contributed by atoms with Gasteiger partial charge in [-0.1, -0.05) is 0 Å². The summed E-state index contributed by atoms with van der Waals surface area (Å²) in [5.41, 5.74) is 1.06. The van der Waals surface area contributed by atoms with Crippen molar-refractivity contribution in [2.75, 3.05) is 11.4 Å². The number of hydrogen-bond acceptors (Lipinski definition) is 5. The number of amides is 1. The second kappa shape index (κ2) is 7.47. The molecule has 4 heterocycles. The van der Waals surface area contributed by atoms with Crippen LogP contribution in [0.4, 0.5) is 23.4 Å². The molecule has 1 aliphatic rings. The van der Waals surface area contributed by atoms with Crippen LogP contribution in [-0.4, -0.2) is 37.8 Å². The predicted molar refractivity (Wildman–Crippen MR) is 97.7 cm³/mol. The van der Waals surface area contributed by atoms with E-state index in [4.69, 9.17) is 0 Å². The Morgan fingerprint density at radius 3 is 2.67 bits per heavy atom. The molecule has 1 atom stereocenters. The summed E-state index contributed by atoms with van der Waals surface area (Å²) in [7, 11) is 0. The Bertz CT molecular complexity index is 1100. The monoisotopic (exact) mass is 420 g/mol. The number of halogens is 4. The molecule has 156 valence electrons. The summed E-state index contributed by atoms with van der Waals surface area (Å²) in [6, 6.07) is 2.52. The molecule has 4 rings (SSSR count). The van der Waals surface area contributed by atoms with E-state index in [0.29, 0.717) is 24.5 Å². The van der Waals surface area contributed by atoms with Crippen molar-refractivity contribution in [2.24, 2.45) is 5.92 Å². The van der Waals surface area contributed by atoms with Gasteiger partial charge in [-0.25, -0.2) is 9.37 Å². The van der Waals surface area contributed by atoms with Gasteiger partial charge in [0.1, 0.15) is 0 Å². The lowest BCUT2D eigenvalue weighted by Crippen LogP contribution is -2.28. The number of nitrogens with zero attached hydrogens (tertiary/aromatic N) is 5. The van der Waals surface area contributed by atoms with Crippen LogP contribution < -0.4 is 4.90 Å². The molecule has 0 saturated carbocycles. The van der Waals surface area contributed by atoms with Crippen molar-refractivity contribution in [1.29, 1.82) is 0 Å². The lowest BCUT2D eigenvalue weighted by molar-refractivity contribution is -0.143. The molecular formula is C19H16F4N6O. The highest BCUT2D eigenvalue weighted by Gasteiger charge is 2.37. The van der Waals surface area contributed by atoms with Crippen molar-refractivity contribution in [1.82, 2.24) is 25.4 Å². The molecule has 1 saturated heterocycles. The number of H-pyrrole nitrogens is 1. The number of carbonyl (C=O) groups is 1. The third-order valence-corrected chi connectivity index (χ3v) is 5.03. The SMILES string of the molecule is Cc1cnncc1-c1cc(N2CCC(Cc3cnc(C(F)(F)F)c(F)c3)C2=O)n[nH]1. The molecule has 7 nitrogen and oxygen atoms in total. The Hall–Kier alpha value is -3.37. The first-order valence-corrected chi connectivity index (χ1v) is 9.10. The molecule has 1 fully saturated rings. The number of alkyl halides is 3. The van der Waals surface area contributed by atoms with Gasteiger partial charge in [-0.05, 0) is 37.0 Å². The molecule has 1 N–H and O–H groups in total. The average molecular weight is 420 g/mol. The van der Waals surface area contributed by atoms with Crippen molar-refractivity contribution >= 4 is 11.7 Å². The summed E-state index contributed by atoms with van der Waals surface area (Å²) >= 11 is 0. The third-order valence-electron chi connectivity index (χ3n) is 5.03. The fraction of sp³-hybridized carbons (Fsp3) is 0.316. The largest absolute Gasteiger partial charge is 0.436 e. The Balaban J connectivity index is 1.49. The van der Waals surface area contributed by atoms with Gasteiger partial charge in [-0.3, -0.25) is 14.8 Å². The maximum absolute atomic E-state index is 13.8. The van der Waals surface area contributed by atoms with Crippen LogP contribution in [0.5, 0.6) is 0 Å². The molecule has 1 aliphatic heterocycles. The predicted octanol–water partition coefficient (Wildman–Crippen LogP) is 3.32. The van der Waals surface area contributed by atoms with Crippen LogP contribution >= 0.6 is 0 Å². The van der Waals surface area contributed by atoms with E-state index >= 15 is 0 Å². The van der Waals surface area contributed by atoms with Gasteiger partial charge in [0, 0.05) is 30.3 Å². The van der Waals surface area contributed by atoms with Gasteiger partial charge in [0.15, 0.2) is 17.3 Å². The Labute approximate surface area is 168 Å². The first-order chi connectivity index (χ1) is 14.2. The highest BCUT2D eigenvalue weighted by atomic mass is 19.4. The standard InChI is InChI=1S/C19H16F4N6O/c1-10-7-25-26-9-13(10)15-6-16(28-27-15)29-3-2-12(18(29)30)4-11-5-14(20)17(24-8-11)19(21,22)23/h5-9,12H,2-4H2,1H3,(H,27,28). The highest BCUT2D eigenvalue weighted by Crippen LogP contribution is 2.32. The average Bonchev–Trinajstić information content (AvgIpc) is 3.29. The molecule has 0 aromatic carbocycles. The van der Waals surface area contributed by atoms with E-state index in [9.17, 15) is 22.4 Å². The van der Waals surface area contributed by atoms with E-state index in [0.717, 1.165) is 23.4 Å². The number of anilines is 1. The van der Waals surface area contributed by atoms with E-state index in [-0.39, 0.29) is 17.9 Å². The normalized spacial score (nSPS) is 17.0. The molecule has 3 aromatic heterocycles. The van der Waals surface area contributed by atoms with E-state index in [1.165, 1.54) is 4.90 Å². The zero-order valence-electron chi connectivity index (χ0n) is 15.7. The summed E-state index contributed by atoms with van der Waals surface area (Å²) < 4.78 is 51.7. The lowest BCUT2D eigenvalue weighted by Gasteiger charge is -2.14. The molecule has 1 unspecified atom stereocenters. The molecule has 30 heavy (non-hydrogen) atoms.